The maximum atomic E-state index is 8.90. The van der Waals surface area contributed by atoms with Crippen molar-refractivity contribution in [2.24, 2.45) is 5.92 Å². The molecule has 0 saturated carbocycles. The highest BCUT2D eigenvalue weighted by molar-refractivity contribution is 9.10. The lowest BCUT2D eigenvalue weighted by molar-refractivity contribution is 0.103. The molecule has 0 aliphatic carbocycles. The summed E-state index contributed by atoms with van der Waals surface area (Å²) in [5, 5.41) is 8.90. The van der Waals surface area contributed by atoms with E-state index in [4.69, 9.17) is 21.6 Å². The van der Waals surface area contributed by atoms with Crippen LogP contribution in [-0.4, -0.2) is 6.61 Å². The highest BCUT2D eigenvalue weighted by Crippen LogP contribution is 2.42. The average molecular weight is 293 g/mol. The molecule has 2 rings (SSSR count). The Morgan fingerprint density at radius 1 is 1.71 bits per heavy atom. The van der Waals surface area contributed by atoms with Crippen molar-refractivity contribution in [1.82, 2.24) is 0 Å². The molecule has 0 N–H and O–H groups in total. The van der Waals surface area contributed by atoms with Crippen LogP contribution in [-0.2, 0) is 4.74 Å². The van der Waals surface area contributed by atoms with E-state index in [1.807, 2.05) is 6.07 Å². The van der Waals surface area contributed by atoms with Crippen LogP contribution in [0.25, 0.3) is 0 Å². The smallest absolute Gasteiger partial charge is 0.108 e. The number of rotatable bonds is 1. The maximum absolute atomic E-state index is 8.90. The Balaban J connectivity index is 2.27. The first-order valence-electron chi connectivity index (χ1n) is 4.18. The molecule has 1 aromatic heterocycles. The first-order valence-corrected chi connectivity index (χ1v) is 6.17. The highest BCUT2D eigenvalue weighted by Gasteiger charge is 2.31. The van der Waals surface area contributed by atoms with E-state index in [2.05, 4.69) is 22.0 Å². The van der Waals surface area contributed by atoms with Crippen LogP contribution in [0.3, 0.4) is 0 Å². The van der Waals surface area contributed by atoms with Gasteiger partial charge in [0, 0.05) is 16.0 Å². The molecule has 2 unspecified atom stereocenters. The van der Waals surface area contributed by atoms with Crippen LogP contribution in [0.15, 0.2) is 10.5 Å². The van der Waals surface area contributed by atoms with Gasteiger partial charge in [0.15, 0.2) is 0 Å². The van der Waals surface area contributed by atoms with Crippen molar-refractivity contribution in [2.45, 2.75) is 12.5 Å². The van der Waals surface area contributed by atoms with Crippen LogP contribution >= 0.6 is 38.9 Å². The van der Waals surface area contributed by atoms with Gasteiger partial charge in [-0.15, -0.1) is 11.3 Å². The van der Waals surface area contributed by atoms with Crippen LogP contribution in [0, 0.1) is 17.2 Å². The van der Waals surface area contributed by atoms with Gasteiger partial charge in [0.25, 0.3) is 0 Å². The molecule has 74 valence electrons. The van der Waals surface area contributed by atoms with Gasteiger partial charge in [-0.25, -0.2) is 0 Å². The summed E-state index contributed by atoms with van der Waals surface area (Å²) in [6, 6.07) is 4.20. The SMILES string of the molecule is N#CC1CCOC1c1cc(Br)c(Cl)s1. The van der Waals surface area contributed by atoms with E-state index in [9.17, 15) is 0 Å². The van der Waals surface area contributed by atoms with E-state index in [0.29, 0.717) is 10.9 Å². The minimum atomic E-state index is -0.0891. The number of thiophene rings is 1. The minimum absolute atomic E-state index is 0.0309. The fourth-order valence-electron chi connectivity index (χ4n) is 1.51. The summed E-state index contributed by atoms with van der Waals surface area (Å²) in [7, 11) is 0. The molecule has 0 bridgehead atoms. The molecular formula is C9H7BrClNOS. The van der Waals surface area contributed by atoms with Gasteiger partial charge in [-0.2, -0.15) is 5.26 Å². The van der Waals surface area contributed by atoms with E-state index in [1.54, 1.807) is 0 Å². The number of hydrogen-bond acceptors (Lipinski definition) is 3. The van der Waals surface area contributed by atoms with Crippen molar-refractivity contribution in [3.63, 3.8) is 0 Å². The Bertz CT molecular complexity index is 367. The third-order valence-corrected chi connectivity index (χ3v) is 4.74. The number of halogens is 2. The molecule has 1 aliphatic rings. The summed E-state index contributed by atoms with van der Waals surface area (Å²) < 4.78 is 7.12. The van der Waals surface area contributed by atoms with E-state index < -0.39 is 0 Å². The van der Waals surface area contributed by atoms with Crippen LogP contribution in [0.5, 0.6) is 0 Å². The van der Waals surface area contributed by atoms with Gasteiger partial charge in [0.1, 0.15) is 10.4 Å². The Morgan fingerprint density at radius 3 is 3.07 bits per heavy atom. The Labute approximate surface area is 99.6 Å². The number of nitrogens with zero attached hydrogens (tertiary/aromatic N) is 1. The van der Waals surface area contributed by atoms with Gasteiger partial charge in [-0.3, -0.25) is 0 Å². The topological polar surface area (TPSA) is 33.0 Å². The minimum Gasteiger partial charge on any atom is -0.371 e. The molecule has 1 fully saturated rings. The van der Waals surface area contributed by atoms with Crippen LogP contribution in [0.4, 0.5) is 0 Å². The predicted molar refractivity (Wildman–Crippen MR) is 59.4 cm³/mol. The predicted octanol–water partition coefficient (Wildman–Crippen LogP) is 3.77. The molecule has 0 amide bonds. The Hall–Kier alpha value is -0.0800. The Morgan fingerprint density at radius 2 is 2.50 bits per heavy atom. The van der Waals surface area contributed by atoms with Crippen molar-refractivity contribution >= 4 is 38.9 Å². The number of ether oxygens (including phenoxy) is 1. The van der Waals surface area contributed by atoms with Crippen molar-refractivity contribution < 1.29 is 4.74 Å². The third kappa shape index (κ3) is 1.82. The van der Waals surface area contributed by atoms with Crippen molar-refractivity contribution in [3.8, 4) is 6.07 Å². The molecule has 0 radical (unpaired) electrons. The molecular weight excluding hydrogens is 286 g/mol. The van der Waals surface area contributed by atoms with E-state index >= 15 is 0 Å². The molecule has 5 heteroatoms. The molecule has 1 aromatic rings. The summed E-state index contributed by atoms with van der Waals surface area (Å²) >= 11 is 10.8. The summed E-state index contributed by atoms with van der Waals surface area (Å²) in [4.78, 5) is 1.03. The normalized spacial score (nSPS) is 26.4. The molecule has 2 heterocycles. The van der Waals surface area contributed by atoms with Crippen molar-refractivity contribution in [2.75, 3.05) is 6.61 Å². The summed E-state index contributed by atoms with van der Waals surface area (Å²) in [6.07, 6.45) is 0.725. The van der Waals surface area contributed by atoms with Crippen LogP contribution in [0.2, 0.25) is 4.34 Å². The lowest BCUT2D eigenvalue weighted by Crippen LogP contribution is -2.02. The second-order valence-electron chi connectivity index (χ2n) is 3.09. The van der Waals surface area contributed by atoms with Gasteiger partial charge in [0.2, 0.25) is 0 Å². The fraction of sp³-hybridized carbons (Fsp3) is 0.444. The zero-order valence-electron chi connectivity index (χ0n) is 7.17. The molecule has 2 atom stereocenters. The number of hydrogen-bond donors (Lipinski definition) is 0. The molecule has 2 nitrogen and oxygen atoms in total. The Kier molecular flexibility index (Phi) is 3.13. The first kappa shape index (κ1) is 10.4. The first-order chi connectivity index (χ1) is 6.72. The van der Waals surface area contributed by atoms with Crippen molar-refractivity contribution in [1.29, 1.82) is 5.26 Å². The highest BCUT2D eigenvalue weighted by atomic mass is 79.9. The quantitative estimate of drug-likeness (QED) is 0.789. The number of nitriles is 1. The van der Waals surface area contributed by atoms with Crippen LogP contribution < -0.4 is 0 Å². The van der Waals surface area contributed by atoms with Gasteiger partial charge in [0.05, 0.1) is 12.0 Å². The molecule has 0 aromatic carbocycles. The largest absolute Gasteiger partial charge is 0.371 e. The second kappa shape index (κ2) is 4.19. The third-order valence-electron chi connectivity index (χ3n) is 2.20. The van der Waals surface area contributed by atoms with Crippen molar-refractivity contribution in [3.05, 3.63) is 19.8 Å². The molecule has 1 saturated heterocycles. The van der Waals surface area contributed by atoms with Gasteiger partial charge in [-0.05, 0) is 28.4 Å². The van der Waals surface area contributed by atoms with E-state index in [0.717, 1.165) is 15.8 Å². The van der Waals surface area contributed by atoms with E-state index in [-0.39, 0.29) is 12.0 Å². The summed E-state index contributed by atoms with van der Waals surface area (Å²) in [5.74, 6) is -0.0309. The fourth-order valence-corrected chi connectivity index (χ4v) is 3.36. The van der Waals surface area contributed by atoms with Gasteiger partial charge in [-0.1, -0.05) is 11.6 Å². The molecule has 1 aliphatic heterocycles. The van der Waals surface area contributed by atoms with Crippen LogP contribution in [0.1, 0.15) is 17.4 Å². The summed E-state index contributed by atoms with van der Waals surface area (Å²) in [6.45, 7) is 0.663. The lowest BCUT2D eigenvalue weighted by atomic mass is 10.0. The monoisotopic (exact) mass is 291 g/mol. The molecule has 14 heavy (non-hydrogen) atoms. The van der Waals surface area contributed by atoms with Gasteiger partial charge < -0.3 is 4.74 Å². The van der Waals surface area contributed by atoms with Gasteiger partial charge >= 0.3 is 0 Å². The molecule has 0 spiro atoms. The standard InChI is InChI=1S/C9H7BrClNOS/c10-6-3-7(14-9(6)11)8-5(4-12)1-2-13-8/h3,5,8H,1-2H2. The zero-order chi connectivity index (χ0) is 10.1. The lowest BCUT2D eigenvalue weighted by Gasteiger charge is -2.09. The average Bonchev–Trinajstić information content (AvgIpc) is 2.73. The maximum Gasteiger partial charge on any atom is 0.108 e. The zero-order valence-corrected chi connectivity index (χ0v) is 10.3. The van der Waals surface area contributed by atoms with E-state index in [1.165, 1.54) is 11.3 Å². The second-order valence-corrected chi connectivity index (χ2v) is 5.63. The summed E-state index contributed by atoms with van der Waals surface area (Å²) in [5.41, 5.74) is 0.